The van der Waals surface area contributed by atoms with Gasteiger partial charge >= 0.3 is 0 Å². The molecule has 11 heteroatoms. The smallest absolute Gasteiger partial charge is 0.262 e. The molecule has 4 heterocycles. The summed E-state index contributed by atoms with van der Waals surface area (Å²) < 4.78 is 1.05. The van der Waals surface area contributed by atoms with Crippen molar-refractivity contribution >= 4 is 61.1 Å². The van der Waals surface area contributed by atoms with Gasteiger partial charge in [-0.2, -0.15) is 0 Å². The molecule has 1 aliphatic rings. The monoisotopic (exact) mass is 596 g/mol. The molecule has 40 heavy (non-hydrogen) atoms. The zero-order valence-corrected chi connectivity index (χ0v) is 25.2. The second-order valence-corrected chi connectivity index (χ2v) is 14.2. The van der Waals surface area contributed by atoms with Crippen molar-refractivity contribution < 1.29 is 19.5 Å². The van der Waals surface area contributed by atoms with Crippen molar-refractivity contribution in [1.29, 1.82) is 0 Å². The normalized spacial score (nSPS) is 18.2. The first kappa shape index (κ1) is 28.4. The molecule has 3 atom stereocenters. The number of aliphatic hydroxyl groups excluding tert-OH is 1. The summed E-state index contributed by atoms with van der Waals surface area (Å²) in [6.45, 7) is 7.94. The van der Waals surface area contributed by atoms with Crippen LogP contribution in [0.5, 0.6) is 0 Å². The predicted molar refractivity (Wildman–Crippen MR) is 161 cm³/mol. The summed E-state index contributed by atoms with van der Waals surface area (Å²) in [6, 6.07) is 10.0. The van der Waals surface area contributed by atoms with Crippen LogP contribution >= 0.6 is 34.0 Å². The molecule has 0 saturated carbocycles. The number of aliphatic hydroxyl groups is 1. The number of aromatic nitrogens is 1. The van der Waals surface area contributed by atoms with Crippen LogP contribution in [-0.4, -0.2) is 57.4 Å². The Hall–Kier alpha value is -3.12. The Morgan fingerprint density at radius 1 is 1.15 bits per heavy atom. The van der Waals surface area contributed by atoms with E-state index in [1.54, 1.807) is 22.7 Å². The number of rotatable bonds is 7. The van der Waals surface area contributed by atoms with Crippen molar-refractivity contribution in [3.05, 3.63) is 63.4 Å². The number of likely N-dealkylation sites (tertiary alicyclic amines) is 1. The predicted octanol–water partition coefficient (Wildman–Crippen LogP) is 4.82. The van der Waals surface area contributed by atoms with E-state index in [-0.39, 0.29) is 30.7 Å². The fraction of sp³-hybridized carbons (Fsp3) is 0.379. The van der Waals surface area contributed by atoms with Crippen LogP contribution in [0.3, 0.4) is 0 Å². The number of benzene rings is 1. The molecule has 0 unspecified atom stereocenters. The maximum atomic E-state index is 13.8. The van der Waals surface area contributed by atoms with Crippen molar-refractivity contribution in [2.45, 2.75) is 58.8 Å². The molecule has 0 spiro atoms. The van der Waals surface area contributed by atoms with E-state index in [4.69, 9.17) is 0 Å². The van der Waals surface area contributed by atoms with E-state index in [9.17, 15) is 19.5 Å². The summed E-state index contributed by atoms with van der Waals surface area (Å²) in [6.07, 6.45) is -0.672. The molecular weight excluding hydrogens is 565 g/mol. The van der Waals surface area contributed by atoms with E-state index in [0.29, 0.717) is 11.4 Å². The summed E-state index contributed by atoms with van der Waals surface area (Å²) in [5.74, 6) is -1.02. The van der Waals surface area contributed by atoms with Gasteiger partial charge in [-0.15, -0.1) is 34.0 Å². The van der Waals surface area contributed by atoms with E-state index in [2.05, 4.69) is 15.6 Å². The number of β-amino-alcohol motifs (C(OH)–C–C–N with tert-alkyl or cyclic N) is 1. The standard InChI is InChI=1S/C29H32N4O4S3/c1-16-23(39-15-31-16)18-7-5-17(6-8-18)13-30-25(35)21-12-20(34)14-33(21)27(37)24(29(2,3)4)32-26(36)22-11-19-9-10-38-28(19)40-22/h5-11,15,20-21,24,34H,12-14H2,1-4H3,(H,30,35)(H,32,36)/t20-,21+,24-/m1/s1. The lowest BCUT2D eigenvalue weighted by Gasteiger charge is -2.35. The Morgan fingerprint density at radius 3 is 2.55 bits per heavy atom. The minimum atomic E-state index is -0.872. The van der Waals surface area contributed by atoms with Gasteiger partial charge in [-0.25, -0.2) is 4.98 Å². The van der Waals surface area contributed by atoms with E-state index in [1.165, 1.54) is 16.2 Å². The number of amides is 3. The number of thiazole rings is 1. The molecule has 4 aromatic rings. The number of hydrogen-bond donors (Lipinski definition) is 3. The SMILES string of the molecule is Cc1ncsc1-c1ccc(CNC(=O)[C@@H]2C[C@@H](O)CN2C(=O)[C@@H](NC(=O)c2cc3ccsc3s2)C(C)(C)C)cc1. The molecule has 0 aliphatic carbocycles. The third-order valence-corrected chi connectivity index (χ3v) is 10.2. The highest BCUT2D eigenvalue weighted by atomic mass is 32.2. The maximum absolute atomic E-state index is 13.8. The number of aryl methyl sites for hydroxylation is 1. The zero-order chi connectivity index (χ0) is 28.6. The highest BCUT2D eigenvalue weighted by molar-refractivity contribution is 7.38. The van der Waals surface area contributed by atoms with Gasteiger partial charge in [-0.05, 0) is 41.0 Å². The molecule has 210 valence electrons. The van der Waals surface area contributed by atoms with Gasteiger partial charge in [0.2, 0.25) is 11.8 Å². The molecule has 8 nitrogen and oxygen atoms in total. The number of nitrogens with one attached hydrogen (secondary N) is 2. The van der Waals surface area contributed by atoms with E-state index in [0.717, 1.165) is 31.1 Å². The van der Waals surface area contributed by atoms with E-state index in [1.807, 2.05) is 75.0 Å². The summed E-state index contributed by atoms with van der Waals surface area (Å²) >= 11 is 4.55. The minimum absolute atomic E-state index is 0.0387. The quantitative estimate of drug-likeness (QED) is 0.283. The van der Waals surface area contributed by atoms with Crippen LogP contribution in [0.15, 0.2) is 47.3 Å². The van der Waals surface area contributed by atoms with Crippen LogP contribution in [-0.2, 0) is 16.1 Å². The van der Waals surface area contributed by atoms with Crippen molar-refractivity contribution in [1.82, 2.24) is 20.5 Å². The van der Waals surface area contributed by atoms with Gasteiger partial charge < -0.3 is 20.6 Å². The Labute approximate surface area is 245 Å². The zero-order valence-electron chi connectivity index (χ0n) is 22.8. The van der Waals surface area contributed by atoms with Crippen LogP contribution in [0.1, 0.15) is 48.1 Å². The Bertz CT molecular complexity index is 1500. The first-order valence-corrected chi connectivity index (χ1v) is 15.6. The molecule has 1 fully saturated rings. The number of carbonyl (C=O) groups is 3. The maximum Gasteiger partial charge on any atom is 0.262 e. The molecule has 1 aliphatic heterocycles. The number of fused-ring (bicyclic) bond motifs is 1. The first-order chi connectivity index (χ1) is 19.0. The van der Waals surface area contributed by atoms with Crippen LogP contribution in [0.4, 0.5) is 0 Å². The van der Waals surface area contributed by atoms with E-state index < -0.39 is 23.6 Å². The topological polar surface area (TPSA) is 112 Å². The molecular formula is C29H32N4O4S3. The van der Waals surface area contributed by atoms with Crippen LogP contribution in [0.2, 0.25) is 0 Å². The van der Waals surface area contributed by atoms with Gasteiger partial charge in [0.15, 0.2) is 0 Å². The Morgan fingerprint density at radius 2 is 1.90 bits per heavy atom. The number of thiophene rings is 2. The van der Waals surface area contributed by atoms with Gasteiger partial charge in [0.25, 0.3) is 5.91 Å². The van der Waals surface area contributed by atoms with Crippen molar-refractivity contribution in [2.75, 3.05) is 6.54 Å². The molecule has 1 saturated heterocycles. The fourth-order valence-corrected chi connectivity index (χ4v) is 7.68. The number of hydrogen-bond acceptors (Lipinski definition) is 8. The summed E-state index contributed by atoms with van der Waals surface area (Å²) in [5.41, 5.74) is 4.18. The Kier molecular flexibility index (Phi) is 8.10. The first-order valence-electron chi connectivity index (χ1n) is 13.0. The van der Waals surface area contributed by atoms with Gasteiger partial charge in [0.05, 0.1) is 31.1 Å². The minimum Gasteiger partial charge on any atom is -0.391 e. The summed E-state index contributed by atoms with van der Waals surface area (Å²) in [7, 11) is 0. The third-order valence-electron chi connectivity index (χ3n) is 7.05. The van der Waals surface area contributed by atoms with Gasteiger partial charge in [0.1, 0.15) is 12.1 Å². The molecule has 5 rings (SSSR count). The average Bonchev–Trinajstić information content (AvgIpc) is 3.69. The third kappa shape index (κ3) is 5.97. The summed E-state index contributed by atoms with van der Waals surface area (Å²) in [5, 5.41) is 19.3. The van der Waals surface area contributed by atoms with E-state index >= 15 is 0 Å². The molecule has 1 aromatic carbocycles. The lowest BCUT2D eigenvalue weighted by Crippen LogP contribution is -2.57. The second-order valence-electron chi connectivity index (χ2n) is 11.1. The lowest BCUT2D eigenvalue weighted by atomic mass is 9.85. The van der Waals surface area contributed by atoms with Crippen LogP contribution in [0.25, 0.3) is 19.8 Å². The number of nitrogens with zero attached hydrogens (tertiary/aromatic N) is 2. The molecule has 0 bridgehead atoms. The van der Waals surface area contributed by atoms with Crippen molar-refractivity contribution in [3.8, 4) is 10.4 Å². The average molecular weight is 597 g/mol. The van der Waals surface area contributed by atoms with Crippen molar-refractivity contribution in [3.63, 3.8) is 0 Å². The fourth-order valence-electron chi connectivity index (χ4n) is 4.86. The van der Waals surface area contributed by atoms with Gasteiger partial charge in [0, 0.05) is 24.9 Å². The second kappa shape index (κ2) is 11.4. The van der Waals surface area contributed by atoms with Crippen LogP contribution < -0.4 is 10.6 Å². The lowest BCUT2D eigenvalue weighted by molar-refractivity contribution is -0.142. The largest absolute Gasteiger partial charge is 0.391 e. The summed E-state index contributed by atoms with van der Waals surface area (Å²) in [4.78, 5) is 47.6. The van der Waals surface area contributed by atoms with Gasteiger partial charge in [-0.1, -0.05) is 45.0 Å². The molecule has 0 radical (unpaired) electrons. The number of carbonyl (C=O) groups excluding carboxylic acids is 3. The molecule has 3 aromatic heterocycles. The Balaban J connectivity index is 1.26. The molecule has 3 amide bonds. The highest BCUT2D eigenvalue weighted by Crippen LogP contribution is 2.32. The van der Waals surface area contributed by atoms with Crippen LogP contribution in [0, 0.1) is 12.3 Å². The highest BCUT2D eigenvalue weighted by Gasteiger charge is 2.44. The van der Waals surface area contributed by atoms with Gasteiger partial charge in [-0.3, -0.25) is 14.4 Å². The van der Waals surface area contributed by atoms with Crippen molar-refractivity contribution in [2.24, 2.45) is 5.41 Å². The molecule has 3 N–H and O–H groups in total.